The van der Waals surface area contributed by atoms with Crippen LogP contribution in [0, 0.1) is 0 Å². The normalized spacial score (nSPS) is 12.0. The number of nitrogens with zero attached hydrogens (tertiary/aromatic N) is 3. The van der Waals surface area contributed by atoms with Gasteiger partial charge in [-0.05, 0) is 76.7 Å². The SMILES string of the molecule is C=C(/N=C(\N=C(/C)c1cccc(-c2ccc(-c3ccc4c(c3)c3ccccc3n4-c3ccccc3)cc2)c1)c1ccccc1)c1ccccc1. The lowest BCUT2D eigenvalue weighted by atomic mass is 9.97. The smallest absolute Gasteiger partial charge is 0.160 e. The Labute approximate surface area is 292 Å². The first-order chi connectivity index (χ1) is 24.6. The molecule has 0 saturated heterocycles. The van der Waals surface area contributed by atoms with Crippen molar-refractivity contribution in [2.24, 2.45) is 9.98 Å². The van der Waals surface area contributed by atoms with E-state index in [1.165, 1.54) is 38.6 Å². The molecule has 8 aromatic rings. The second-order valence-electron chi connectivity index (χ2n) is 12.4. The van der Waals surface area contributed by atoms with E-state index in [1.807, 2.05) is 67.6 Å². The van der Waals surface area contributed by atoms with Crippen LogP contribution in [0.1, 0.15) is 23.6 Å². The first-order valence-corrected chi connectivity index (χ1v) is 16.9. The summed E-state index contributed by atoms with van der Waals surface area (Å²) in [6, 6.07) is 63.5. The van der Waals surface area contributed by atoms with Gasteiger partial charge in [0.05, 0.1) is 16.7 Å². The van der Waals surface area contributed by atoms with Gasteiger partial charge in [-0.15, -0.1) is 0 Å². The summed E-state index contributed by atoms with van der Waals surface area (Å²) in [6.07, 6.45) is 0. The largest absolute Gasteiger partial charge is 0.309 e. The third-order valence-corrected chi connectivity index (χ3v) is 9.17. The lowest BCUT2D eigenvalue weighted by Gasteiger charge is -2.10. The van der Waals surface area contributed by atoms with Crippen molar-refractivity contribution < 1.29 is 0 Å². The summed E-state index contributed by atoms with van der Waals surface area (Å²) in [6.45, 7) is 6.28. The van der Waals surface area contributed by atoms with Crippen LogP contribution in [0.4, 0.5) is 0 Å². The highest BCUT2D eigenvalue weighted by Crippen LogP contribution is 2.35. The number of hydrogen-bond acceptors (Lipinski definition) is 1. The van der Waals surface area contributed by atoms with E-state index in [4.69, 9.17) is 9.98 Å². The molecule has 0 N–H and O–H groups in total. The Morgan fingerprint density at radius 2 is 0.980 bits per heavy atom. The summed E-state index contributed by atoms with van der Waals surface area (Å²) < 4.78 is 2.35. The molecule has 0 spiro atoms. The van der Waals surface area contributed by atoms with Gasteiger partial charge in [-0.1, -0.05) is 152 Å². The summed E-state index contributed by atoms with van der Waals surface area (Å²) >= 11 is 0. The van der Waals surface area contributed by atoms with Crippen LogP contribution in [-0.2, 0) is 0 Å². The second-order valence-corrected chi connectivity index (χ2v) is 12.4. The van der Waals surface area contributed by atoms with E-state index in [1.54, 1.807) is 0 Å². The quantitative estimate of drug-likeness (QED) is 0.122. The Morgan fingerprint density at radius 1 is 0.440 bits per heavy atom. The molecule has 0 amide bonds. The maximum Gasteiger partial charge on any atom is 0.160 e. The molecule has 3 heteroatoms. The molecule has 0 atom stereocenters. The van der Waals surface area contributed by atoms with Crippen LogP contribution in [0.25, 0.3) is 55.4 Å². The summed E-state index contributed by atoms with van der Waals surface area (Å²) in [5.41, 5.74) is 12.8. The molecule has 0 bridgehead atoms. The van der Waals surface area contributed by atoms with Crippen molar-refractivity contribution in [1.29, 1.82) is 0 Å². The zero-order valence-electron chi connectivity index (χ0n) is 27.9. The molecular formula is C47H35N3. The molecule has 238 valence electrons. The number of fused-ring (bicyclic) bond motifs is 3. The maximum absolute atomic E-state index is 5.04. The minimum absolute atomic E-state index is 0.635. The molecule has 3 nitrogen and oxygen atoms in total. The average Bonchev–Trinajstić information content (AvgIpc) is 3.52. The molecule has 7 aromatic carbocycles. The van der Waals surface area contributed by atoms with Gasteiger partial charge >= 0.3 is 0 Å². The zero-order valence-corrected chi connectivity index (χ0v) is 27.9. The Kier molecular flexibility index (Phi) is 8.30. The third kappa shape index (κ3) is 6.09. The van der Waals surface area contributed by atoms with Crippen LogP contribution < -0.4 is 0 Å². The fraction of sp³-hybridized carbons (Fsp3) is 0.0213. The van der Waals surface area contributed by atoms with E-state index < -0.39 is 0 Å². The topological polar surface area (TPSA) is 29.6 Å². The van der Waals surface area contributed by atoms with Gasteiger partial charge < -0.3 is 4.57 Å². The number of hydrogen-bond donors (Lipinski definition) is 0. The highest BCUT2D eigenvalue weighted by atomic mass is 15.0. The molecule has 0 aliphatic heterocycles. The van der Waals surface area contributed by atoms with Gasteiger partial charge in [-0.3, -0.25) is 0 Å². The van der Waals surface area contributed by atoms with Crippen molar-refractivity contribution in [3.05, 3.63) is 205 Å². The second kappa shape index (κ2) is 13.5. The Bertz CT molecular complexity index is 2520. The average molecular weight is 642 g/mol. The summed E-state index contributed by atoms with van der Waals surface area (Å²) in [5, 5.41) is 2.50. The molecule has 0 radical (unpaired) electrons. The first-order valence-electron chi connectivity index (χ1n) is 16.9. The fourth-order valence-corrected chi connectivity index (χ4v) is 6.57. The highest BCUT2D eigenvalue weighted by Gasteiger charge is 2.13. The van der Waals surface area contributed by atoms with Crippen LogP contribution in [-0.4, -0.2) is 16.1 Å². The number of aromatic nitrogens is 1. The van der Waals surface area contributed by atoms with Gasteiger partial charge in [0.25, 0.3) is 0 Å². The van der Waals surface area contributed by atoms with Crippen molar-refractivity contribution in [1.82, 2.24) is 4.57 Å². The monoisotopic (exact) mass is 641 g/mol. The van der Waals surface area contributed by atoms with Gasteiger partial charge in [-0.2, -0.15) is 0 Å². The minimum Gasteiger partial charge on any atom is -0.309 e. The predicted octanol–water partition coefficient (Wildman–Crippen LogP) is 12.0. The predicted molar refractivity (Wildman–Crippen MR) is 212 cm³/mol. The fourth-order valence-electron chi connectivity index (χ4n) is 6.57. The summed E-state index contributed by atoms with van der Waals surface area (Å²) in [7, 11) is 0. The number of rotatable bonds is 7. The number of amidine groups is 1. The molecular weight excluding hydrogens is 607 g/mol. The Morgan fingerprint density at radius 3 is 1.68 bits per heavy atom. The van der Waals surface area contributed by atoms with Crippen LogP contribution in [0.3, 0.4) is 0 Å². The Balaban J connectivity index is 1.10. The molecule has 8 rings (SSSR count). The number of aliphatic imine (C=N–C) groups is 2. The van der Waals surface area contributed by atoms with E-state index in [9.17, 15) is 0 Å². The van der Waals surface area contributed by atoms with Gasteiger partial charge in [-0.25, -0.2) is 9.98 Å². The summed E-state index contributed by atoms with van der Waals surface area (Å²) in [4.78, 5) is 9.93. The lowest BCUT2D eigenvalue weighted by Crippen LogP contribution is -2.04. The molecule has 0 aliphatic rings. The molecule has 0 aliphatic carbocycles. The van der Waals surface area contributed by atoms with Crippen molar-refractivity contribution in [2.75, 3.05) is 0 Å². The van der Waals surface area contributed by atoms with Crippen molar-refractivity contribution in [3.8, 4) is 27.9 Å². The summed E-state index contributed by atoms with van der Waals surface area (Å²) in [5.74, 6) is 0.635. The van der Waals surface area contributed by atoms with Gasteiger partial charge in [0.1, 0.15) is 0 Å². The standard InChI is InChI=1S/C47H35N3/c1-33(35-15-6-3-7-16-35)48-47(38-17-8-4-9-18-38)49-34(2)39-19-14-20-40(31-39)36-25-27-37(28-26-36)41-29-30-46-44(32-41)43-23-12-13-24-45(43)50(46)42-21-10-5-11-22-42/h3-32H,1H2,2H3/b48-47-,49-34+. The highest BCUT2D eigenvalue weighted by molar-refractivity contribution is 6.13. The van der Waals surface area contributed by atoms with E-state index in [0.717, 1.165) is 33.5 Å². The van der Waals surface area contributed by atoms with Gasteiger partial charge in [0, 0.05) is 27.7 Å². The van der Waals surface area contributed by atoms with E-state index in [0.29, 0.717) is 11.5 Å². The van der Waals surface area contributed by atoms with E-state index in [2.05, 4.69) is 132 Å². The minimum atomic E-state index is 0.635. The first kappa shape index (κ1) is 30.7. The van der Waals surface area contributed by atoms with Crippen molar-refractivity contribution in [3.63, 3.8) is 0 Å². The zero-order chi connectivity index (χ0) is 33.9. The van der Waals surface area contributed by atoms with Crippen molar-refractivity contribution in [2.45, 2.75) is 6.92 Å². The van der Waals surface area contributed by atoms with Crippen LogP contribution in [0.5, 0.6) is 0 Å². The lowest BCUT2D eigenvalue weighted by molar-refractivity contribution is 1.18. The molecule has 0 saturated carbocycles. The maximum atomic E-state index is 5.04. The Hall–Kier alpha value is -6.58. The van der Waals surface area contributed by atoms with E-state index in [-0.39, 0.29) is 0 Å². The molecule has 0 unspecified atom stereocenters. The number of benzene rings is 7. The third-order valence-electron chi connectivity index (χ3n) is 9.17. The van der Waals surface area contributed by atoms with Gasteiger partial charge in [0.15, 0.2) is 5.84 Å². The van der Waals surface area contributed by atoms with Crippen LogP contribution >= 0.6 is 0 Å². The van der Waals surface area contributed by atoms with Crippen molar-refractivity contribution >= 4 is 39.1 Å². The number of para-hydroxylation sites is 2. The van der Waals surface area contributed by atoms with Crippen LogP contribution in [0.15, 0.2) is 199 Å². The molecule has 1 heterocycles. The van der Waals surface area contributed by atoms with Gasteiger partial charge in [0.2, 0.25) is 0 Å². The molecule has 50 heavy (non-hydrogen) atoms. The molecule has 0 fully saturated rings. The van der Waals surface area contributed by atoms with E-state index >= 15 is 0 Å². The molecule has 1 aromatic heterocycles. The van der Waals surface area contributed by atoms with Crippen LogP contribution in [0.2, 0.25) is 0 Å².